The standard InChI is InChI=1S/C32H27F3N2O/c33-32(34,35)26-15-9-14-25(18-26)28(19-31(38)36-20-23-10-3-1-4-11-23)29-22-37(21-24-12-5-2-6-13-24)30-17-8-7-16-27(29)30/h1-18,22,28H,19-21H2,(H,36,38)/t28-/m0/s1. The molecule has 0 aliphatic rings. The third kappa shape index (κ3) is 5.80. The molecule has 0 fully saturated rings. The van der Waals surface area contributed by atoms with Crippen LogP contribution in [0.1, 0.15) is 40.2 Å². The van der Waals surface area contributed by atoms with Crippen molar-refractivity contribution < 1.29 is 18.0 Å². The predicted octanol–water partition coefficient (Wildman–Crippen LogP) is 7.55. The number of nitrogens with zero attached hydrogens (tertiary/aromatic N) is 1. The summed E-state index contributed by atoms with van der Waals surface area (Å²) in [6, 6.07) is 32.7. The molecular formula is C32H27F3N2O. The molecule has 3 nitrogen and oxygen atoms in total. The Hall–Kier alpha value is -4.32. The molecule has 1 heterocycles. The second-order valence-electron chi connectivity index (χ2n) is 9.36. The van der Waals surface area contributed by atoms with Gasteiger partial charge < -0.3 is 9.88 Å². The quantitative estimate of drug-likeness (QED) is 0.229. The molecule has 0 unspecified atom stereocenters. The third-order valence-electron chi connectivity index (χ3n) is 6.73. The van der Waals surface area contributed by atoms with Crippen molar-refractivity contribution >= 4 is 16.8 Å². The van der Waals surface area contributed by atoms with Crippen LogP contribution >= 0.6 is 0 Å². The number of hydrogen-bond acceptors (Lipinski definition) is 1. The maximum atomic E-state index is 13.6. The molecule has 6 heteroatoms. The molecule has 5 rings (SSSR count). The second kappa shape index (κ2) is 11.0. The lowest BCUT2D eigenvalue weighted by atomic mass is 9.87. The van der Waals surface area contributed by atoms with Crippen molar-refractivity contribution in [3.63, 3.8) is 0 Å². The summed E-state index contributed by atoms with van der Waals surface area (Å²) in [4.78, 5) is 13.1. The number of para-hydroxylation sites is 1. The number of hydrogen-bond donors (Lipinski definition) is 1. The summed E-state index contributed by atoms with van der Waals surface area (Å²) in [6.45, 7) is 0.960. The second-order valence-corrected chi connectivity index (χ2v) is 9.36. The van der Waals surface area contributed by atoms with E-state index in [1.54, 1.807) is 6.07 Å². The van der Waals surface area contributed by atoms with Gasteiger partial charge in [0.25, 0.3) is 0 Å². The summed E-state index contributed by atoms with van der Waals surface area (Å²) in [5.41, 5.74) is 3.58. The van der Waals surface area contributed by atoms with Gasteiger partial charge in [-0.25, -0.2) is 0 Å². The van der Waals surface area contributed by atoms with Crippen LogP contribution in [0.5, 0.6) is 0 Å². The molecule has 0 aliphatic heterocycles. The summed E-state index contributed by atoms with van der Waals surface area (Å²) >= 11 is 0. The molecule has 38 heavy (non-hydrogen) atoms. The van der Waals surface area contributed by atoms with E-state index in [1.165, 1.54) is 12.1 Å². The minimum Gasteiger partial charge on any atom is -0.352 e. The van der Waals surface area contributed by atoms with Gasteiger partial charge in [-0.2, -0.15) is 13.2 Å². The summed E-state index contributed by atoms with van der Waals surface area (Å²) in [6.07, 6.45) is -2.47. The molecule has 192 valence electrons. The number of nitrogens with one attached hydrogen (secondary N) is 1. The van der Waals surface area contributed by atoms with Gasteiger partial charge in [-0.3, -0.25) is 4.79 Å². The number of fused-ring (bicyclic) bond motifs is 1. The Labute approximate surface area is 219 Å². The van der Waals surface area contributed by atoms with E-state index in [2.05, 4.69) is 9.88 Å². The van der Waals surface area contributed by atoms with Crippen LogP contribution in [0.4, 0.5) is 13.2 Å². The van der Waals surface area contributed by atoms with Crippen molar-refractivity contribution in [3.05, 3.63) is 143 Å². The zero-order valence-electron chi connectivity index (χ0n) is 20.7. The Morgan fingerprint density at radius 2 is 1.45 bits per heavy atom. The SMILES string of the molecule is O=C(C[C@@H](c1cccc(C(F)(F)F)c1)c1cn(Cc2ccccc2)c2ccccc12)NCc1ccccc1. The van der Waals surface area contributed by atoms with Crippen LogP contribution in [0.3, 0.4) is 0 Å². The topological polar surface area (TPSA) is 34.0 Å². The molecule has 0 spiro atoms. The van der Waals surface area contributed by atoms with Crippen LogP contribution in [0.15, 0.2) is 115 Å². The fourth-order valence-electron chi connectivity index (χ4n) is 4.86. The highest BCUT2D eigenvalue weighted by Crippen LogP contribution is 2.38. The number of amides is 1. The summed E-state index contributed by atoms with van der Waals surface area (Å²) in [5, 5.41) is 3.86. The minimum absolute atomic E-state index is 0.0213. The van der Waals surface area contributed by atoms with Gasteiger partial charge in [0.1, 0.15) is 0 Å². The fourth-order valence-corrected chi connectivity index (χ4v) is 4.86. The first-order chi connectivity index (χ1) is 18.4. The van der Waals surface area contributed by atoms with Crippen molar-refractivity contribution in [2.75, 3.05) is 0 Å². The van der Waals surface area contributed by atoms with E-state index >= 15 is 0 Å². The first-order valence-corrected chi connectivity index (χ1v) is 12.5. The average molecular weight is 513 g/mol. The van der Waals surface area contributed by atoms with Gasteiger partial charge in [0.2, 0.25) is 5.91 Å². The Morgan fingerprint density at radius 1 is 0.789 bits per heavy atom. The van der Waals surface area contributed by atoms with E-state index in [4.69, 9.17) is 0 Å². The number of carbonyl (C=O) groups excluding carboxylic acids is 1. The van der Waals surface area contributed by atoms with Gasteiger partial charge in [-0.1, -0.05) is 97.1 Å². The lowest BCUT2D eigenvalue weighted by Crippen LogP contribution is -2.25. The van der Waals surface area contributed by atoms with Gasteiger partial charge in [0, 0.05) is 42.5 Å². The van der Waals surface area contributed by atoms with Crippen LogP contribution in [0.2, 0.25) is 0 Å². The summed E-state index contributed by atoms with van der Waals surface area (Å²) in [7, 11) is 0. The Bertz CT molecular complexity index is 1530. The largest absolute Gasteiger partial charge is 0.416 e. The molecule has 0 saturated heterocycles. The maximum absolute atomic E-state index is 13.6. The maximum Gasteiger partial charge on any atom is 0.416 e. The number of alkyl halides is 3. The number of halogens is 3. The van der Waals surface area contributed by atoms with E-state index in [0.717, 1.165) is 33.7 Å². The number of benzene rings is 4. The highest BCUT2D eigenvalue weighted by atomic mass is 19.4. The van der Waals surface area contributed by atoms with Crippen LogP contribution in [-0.4, -0.2) is 10.5 Å². The van der Waals surface area contributed by atoms with E-state index in [1.807, 2.05) is 91.1 Å². The highest BCUT2D eigenvalue weighted by molar-refractivity contribution is 5.87. The zero-order valence-corrected chi connectivity index (χ0v) is 20.7. The number of aromatic nitrogens is 1. The van der Waals surface area contributed by atoms with Crippen molar-refractivity contribution in [2.45, 2.75) is 31.6 Å². The average Bonchev–Trinajstić information content (AvgIpc) is 3.29. The molecule has 4 aromatic carbocycles. The molecule has 0 aliphatic carbocycles. The van der Waals surface area contributed by atoms with Gasteiger partial charge in [0.15, 0.2) is 0 Å². The molecule has 1 N–H and O–H groups in total. The summed E-state index contributed by atoms with van der Waals surface area (Å²) < 4.78 is 43.0. The van der Waals surface area contributed by atoms with Crippen molar-refractivity contribution in [3.8, 4) is 0 Å². The van der Waals surface area contributed by atoms with E-state index < -0.39 is 17.7 Å². The monoisotopic (exact) mass is 512 g/mol. The number of rotatable bonds is 8. The Balaban J connectivity index is 1.54. The lowest BCUT2D eigenvalue weighted by molar-refractivity contribution is -0.137. The fraction of sp³-hybridized carbons (Fsp3) is 0.156. The molecule has 1 atom stereocenters. The number of carbonyl (C=O) groups is 1. The highest BCUT2D eigenvalue weighted by Gasteiger charge is 2.32. The molecule has 1 amide bonds. The molecule has 0 radical (unpaired) electrons. The van der Waals surface area contributed by atoms with Crippen molar-refractivity contribution in [1.29, 1.82) is 0 Å². The minimum atomic E-state index is -4.47. The van der Waals surface area contributed by atoms with Crippen LogP contribution in [0, 0.1) is 0 Å². The molecular weight excluding hydrogens is 485 g/mol. The van der Waals surface area contributed by atoms with Gasteiger partial charge in [0.05, 0.1) is 5.56 Å². The van der Waals surface area contributed by atoms with E-state index in [-0.39, 0.29) is 12.3 Å². The summed E-state index contributed by atoms with van der Waals surface area (Å²) in [5.74, 6) is -0.786. The molecule has 1 aromatic heterocycles. The van der Waals surface area contributed by atoms with Crippen molar-refractivity contribution in [2.24, 2.45) is 0 Å². The van der Waals surface area contributed by atoms with Crippen LogP contribution in [-0.2, 0) is 24.1 Å². The van der Waals surface area contributed by atoms with Crippen LogP contribution in [0.25, 0.3) is 10.9 Å². The molecule has 5 aromatic rings. The van der Waals surface area contributed by atoms with Gasteiger partial charge in [-0.15, -0.1) is 0 Å². The molecule has 0 saturated carbocycles. The van der Waals surface area contributed by atoms with Gasteiger partial charge in [-0.05, 0) is 34.4 Å². The first-order valence-electron chi connectivity index (χ1n) is 12.5. The van der Waals surface area contributed by atoms with E-state index in [0.29, 0.717) is 18.7 Å². The first kappa shape index (κ1) is 25.3. The third-order valence-corrected chi connectivity index (χ3v) is 6.73. The zero-order chi connectivity index (χ0) is 26.5. The lowest BCUT2D eigenvalue weighted by Gasteiger charge is -2.19. The van der Waals surface area contributed by atoms with E-state index in [9.17, 15) is 18.0 Å². The Morgan fingerprint density at radius 3 is 2.16 bits per heavy atom. The van der Waals surface area contributed by atoms with Crippen LogP contribution < -0.4 is 5.32 Å². The Kier molecular flexibility index (Phi) is 7.31. The van der Waals surface area contributed by atoms with Crippen molar-refractivity contribution in [1.82, 2.24) is 9.88 Å². The smallest absolute Gasteiger partial charge is 0.352 e. The predicted molar refractivity (Wildman–Crippen MR) is 144 cm³/mol. The normalized spacial score (nSPS) is 12.4. The van der Waals surface area contributed by atoms with Gasteiger partial charge >= 0.3 is 6.18 Å². The molecule has 0 bridgehead atoms.